The van der Waals surface area contributed by atoms with Gasteiger partial charge in [0.2, 0.25) is 5.91 Å². The highest BCUT2D eigenvalue weighted by molar-refractivity contribution is 5.77. The number of hydrogen-bond acceptors (Lipinski definition) is 2. The summed E-state index contributed by atoms with van der Waals surface area (Å²) in [5.74, 6) is -0.663. The number of carbonyl (C=O) groups is 2. The van der Waals surface area contributed by atoms with Crippen LogP contribution in [-0.2, 0) is 9.59 Å². The number of benzene rings is 1. The van der Waals surface area contributed by atoms with Crippen LogP contribution in [0.2, 0.25) is 0 Å². The topological polar surface area (TPSA) is 66.4 Å². The van der Waals surface area contributed by atoms with Gasteiger partial charge in [0, 0.05) is 12.5 Å². The summed E-state index contributed by atoms with van der Waals surface area (Å²) in [5.41, 5.74) is 1.22. The number of rotatable bonds is 7. The quantitative estimate of drug-likeness (QED) is 0.794. The van der Waals surface area contributed by atoms with Gasteiger partial charge in [0.15, 0.2) is 0 Å². The maximum atomic E-state index is 11.7. The molecular weight excluding hydrogens is 242 g/mol. The van der Waals surface area contributed by atoms with E-state index in [1.165, 1.54) is 5.56 Å². The standard InChI is InChI=1S/C15H21NO3/c1-11(13-6-4-3-5-7-13)8-9-14(17)16-12(2)10-15(18)19/h3-7,11-12H,8-10H2,1-2H3,(H,16,17)(H,18,19). The van der Waals surface area contributed by atoms with Crippen molar-refractivity contribution in [3.8, 4) is 0 Å². The fourth-order valence-electron chi connectivity index (χ4n) is 1.96. The van der Waals surface area contributed by atoms with Crippen molar-refractivity contribution in [2.24, 2.45) is 0 Å². The first-order valence-corrected chi connectivity index (χ1v) is 6.55. The molecule has 0 radical (unpaired) electrons. The van der Waals surface area contributed by atoms with Gasteiger partial charge in [-0.1, -0.05) is 37.3 Å². The molecule has 2 atom stereocenters. The molecule has 1 aromatic carbocycles. The van der Waals surface area contributed by atoms with Gasteiger partial charge in [-0.05, 0) is 24.8 Å². The second-order valence-corrected chi connectivity index (χ2v) is 4.92. The minimum atomic E-state index is -0.898. The maximum Gasteiger partial charge on any atom is 0.305 e. The lowest BCUT2D eigenvalue weighted by atomic mass is 9.96. The number of carboxylic acid groups (broad SMARTS) is 1. The molecule has 2 unspecified atom stereocenters. The lowest BCUT2D eigenvalue weighted by Crippen LogP contribution is -2.34. The zero-order valence-corrected chi connectivity index (χ0v) is 11.4. The van der Waals surface area contributed by atoms with Gasteiger partial charge in [0.1, 0.15) is 0 Å². The van der Waals surface area contributed by atoms with Gasteiger partial charge >= 0.3 is 5.97 Å². The Morgan fingerprint density at radius 1 is 1.21 bits per heavy atom. The molecule has 0 aliphatic heterocycles. The van der Waals surface area contributed by atoms with Crippen molar-refractivity contribution in [1.82, 2.24) is 5.32 Å². The fraction of sp³-hybridized carbons (Fsp3) is 0.467. The summed E-state index contributed by atoms with van der Waals surface area (Å²) in [5, 5.41) is 11.3. The molecule has 4 heteroatoms. The van der Waals surface area contributed by atoms with Crippen LogP contribution in [0.5, 0.6) is 0 Å². The van der Waals surface area contributed by atoms with Gasteiger partial charge in [-0.3, -0.25) is 9.59 Å². The predicted octanol–water partition coefficient (Wildman–Crippen LogP) is 2.55. The summed E-state index contributed by atoms with van der Waals surface area (Å²) < 4.78 is 0. The van der Waals surface area contributed by atoms with Gasteiger partial charge in [0.25, 0.3) is 0 Å². The van der Waals surface area contributed by atoms with E-state index in [-0.39, 0.29) is 18.4 Å². The van der Waals surface area contributed by atoms with Crippen molar-refractivity contribution in [3.05, 3.63) is 35.9 Å². The lowest BCUT2D eigenvalue weighted by Gasteiger charge is -2.14. The summed E-state index contributed by atoms with van der Waals surface area (Å²) in [7, 11) is 0. The van der Waals surface area contributed by atoms with E-state index in [4.69, 9.17) is 5.11 Å². The molecule has 0 saturated heterocycles. The minimum absolute atomic E-state index is 0.0417. The minimum Gasteiger partial charge on any atom is -0.481 e. The largest absolute Gasteiger partial charge is 0.481 e. The first-order chi connectivity index (χ1) is 8.99. The monoisotopic (exact) mass is 263 g/mol. The molecule has 0 aliphatic rings. The van der Waals surface area contributed by atoms with Gasteiger partial charge in [0.05, 0.1) is 6.42 Å². The highest BCUT2D eigenvalue weighted by atomic mass is 16.4. The average molecular weight is 263 g/mol. The molecule has 4 nitrogen and oxygen atoms in total. The SMILES string of the molecule is CC(CC(=O)O)NC(=O)CCC(C)c1ccccc1. The number of amides is 1. The van der Waals surface area contributed by atoms with E-state index in [2.05, 4.69) is 24.4 Å². The molecule has 104 valence electrons. The third-order valence-electron chi connectivity index (χ3n) is 3.06. The fourth-order valence-corrected chi connectivity index (χ4v) is 1.96. The Morgan fingerprint density at radius 3 is 2.42 bits per heavy atom. The van der Waals surface area contributed by atoms with Crippen LogP contribution in [0.15, 0.2) is 30.3 Å². The van der Waals surface area contributed by atoms with E-state index in [1.807, 2.05) is 18.2 Å². The second kappa shape index (κ2) is 7.56. The predicted molar refractivity (Wildman–Crippen MR) is 73.9 cm³/mol. The zero-order valence-electron chi connectivity index (χ0n) is 11.4. The molecule has 0 aliphatic carbocycles. The van der Waals surface area contributed by atoms with Crippen molar-refractivity contribution in [2.45, 2.75) is 45.1 Å². The summed E-state index contributed by atoms with van der Waals surface area (Å²) in [6.45, 7) is 3.79. The molecule has 0 fully saturated rings. The Balaban J connectivity index is 2.32. The van der Waals surface area contributed by atoms with Crippen LogP contribution in [0.4, 0.5) is 0 Å². The third kappa shape index (κ3) is 6.04. The zero-order chi connectivity index (χ0) is 14.3. The van der Waals surface area contributed by atoms with E-state index >= 15 is 0 Å². The molecular formula is C15H21NO3. The van der Waals surface area contributed by atoms with Crippen molar-refractivity contribution in [1.29, 1.82) is 0 Å². The van der Waals surface area contributed by atoms with Gasteiger partial charge in [-0.2, -0.15) is 0 Å². The third-order valence-corrected chi connectivity index (χ3v) is 3.06. The smallest absolute Gasteiger partial charge is 0.305 e. The molecule has 19 heavy (non-hydrogen) atoms. The molecule has 2 N–H and O–H groups in total. The van der Waals surface area contributed by atoms with Gasteiger partial charge in [-0.25, -0.2) is 0 Å². The summed E-state index contributed by atoms with van der Waals surface area (Å²) in [6.07, 6.45) is 1.13. The van der Waals surface area contributed by atoms with Crippen molar-refractivity contribution in [2.75, 3.05) is 0 Å². The number of hydrogen-bond donors (Lipinski definition) is 2. The van der Waals surface area contributed by atoms with E-state index < -0.39 is 5.97 Å². The molecule has 0 bridgehead atoms. The van der Waals surface area contributed by atoms with E-state index in [9.17, 15) is 9.59 Å². The molecule has 1 rings (SSSR count). The summed E-state index contributed by atoms with van der Waals surface area (Å²) in [6, 6.07) is 9.72. The van der Waals surface area contributed by atoms with Crippen LogP contribution in [0.25, 0.3) is 0 Å². The van der Waals surface area contributed by atoms with Crippen molar-refractivity contribution in [3.63, 3.8) is 0 Å². The van der Waals surface area contributed by atoms with Crippen LogP contribution in [-0.4, -0.2) is 23.0 Å². The normalized spacial score (nSPS) is 13.6. The number of carboxylic acids is 1. The molecule has 0 saturated carbocycles. The summed E-state index contributed by atoms with van der Waals surface area (Å²) in [4.78, 5) is 22.2. The van der Waals surface area contributed by atoms with Crippen molar-refractivity contribution < 1.29 is 14.7 Å². The molecule has 0 heterocycles. The Morgan fingerprint density at radius 2 is 1.84 bits per heavy atom. The average Bonchev–Trinajstić information content (AvgIpc) is 2.36. The van der Waals surface area contributed by atoms with Crippen LogP contribution < -0.4 is 5.32 Å². The number of aliphatic carboxylic acids is 1. The molecule has 1 amide bonds. The Kier molecular flexibility index (Phi) is 6.06. The van der Waals surface area contributed by atoms with Gasteiger partial charge in [-0.15, -0.1) is 0 Å². The van der Waals surface area contributed by atoms with Crippen molar-refractivity contribution >= 4 is 11.9 Å². The van der Waals surface area contributed by atoms with Crippen LogP contribution in [0.3, 0.4) is 0 Å². The first-order valence-electron chi connectivity index (χ1n) is 6.55. The Labute approximate surface area is 113 Å². The highest BCUT2D eigenvalue weighted by Crippen LogP contribution is 2.19. The maximum absolute atomic E-state index is 11.7. The van der Waals surface area contributed by atoms with Crippen LogP contribution in [0, 0.1) is 0 Å². The first kappa shape index (κ1) is 15.2. The number of nitrogens with one attached hydrogen (secondary N) is 1. The van der Waals surface area contributed by atoms with E-state index in [0.29, 0.717) is 12.3 Å². The molecule has 0 spiro atoms. The molecule has 1 aromatic rings. The highest BCUT2D eigenvalue weighted by Gasteiger charge is 2.12. The lowest BCUT2D eigenvalue weighted by molar-refractivity contribution is -0.137. The van der Waals surface area contributed by atoms with Gasteiger partial charge < -0.3 is 10.4 Å². The van der Waals surface area contributed by atoms with Crippen LogP contribution in [0.1, 0.15) is 44.6 Å². The van der Waals surface area contributed by atoms with Crippen LogP contribution >= 0.6 is 0 Å². The second-order valence-electron chi connectivity index (χ2n) is 4.92. The Hall–Kier alpha value is -1.84. The Bertz CT molecular complexity index is 417. The van der Waals surface area contributed by atoms with E-state index in [0.717, 1.165) is 6.42 Å². The summed E-state index contributed by atoms with van der Waals surface area (Å²) >= 11 is 0. The number of carbonyl (C=O) groups excluding carboxylic acids is 1. The molecule has 0 aromatic heterocycles. The van der Waals surface area contributed by atoms with E-state index in [1.54, 1.807) is 6.92 Å².